The molecule has 1 N–H and O–H groups in total. The Labute approximate surface area is 134 Å². The molecule has 1 atom stereocenters. The highest BCUT2D eigenvalue weighted by Gasteiger charge is 2.49. The van der Waals surface area contributed by atoms with E-state index in [1.807, 2.05) is 0 Å². The smallest absolute Gasteiger partial charge is 0.410 e. The predicted molar refractivity (Wildman–Crippen MR) is 82.6 cm³/mol. The molecule has 3 rings (SSSR count). The number of nitrogens with zero attached hydrogens (tertiary/aromatic N) is 2. The van der Waals surface area contributed by atoms with Crippen molar-refractivity contribution in [1.82, 2.24) is 14.8 Å². The first-order chi connectivity index (χ1) is 10.7. The molecule has 7 heteroatoms. The summed E-state index contributed by atoms with van der Waals surface area (Å²) in [6.07, 6.45) is 0.295. The maximum Gasteiger partial charge on any atom is 0.410 e. The van der Waals surface area contributed by atoms with Crippen LogP contribution in [-0.4, -0.2) is 64.9 Å². The molecule has 2 saturated heterocycles. The van der Waals surface area contributed by atoms with Crippen molar-refractivity contribution in [2.75, 3.05) is 26.7 Å². The monoisotopic (exact) mass is 319 g/mol. The highest BCUT2D eigenvalue weighted by molar-refractivity contribution is 6.02. The van der Waals surface area contributed by atoms with Gasteiger partial charge >= 0.3 is 6.09 Å². The van der Waals surface area contributed by atoms with Gasteiger partial charge in [-0.1, -0.05) is 0 Å². The van der Waals surface area contributed by atoms with E-state index in [-0.39, 0.29) is 17.8 Å². The van der Waals surface area contributed by atoms with Crippen LogP contribution in [0.2, 0.25) is 0 Å². The number of H-pyrrole nitrogens is 1. The summed E-state index contributed by atoms with van der Waals surface area (Å²) in [7, 11) is 1.70. The summed E-state index contributed by atoms with van der Waals surface area (Å²) in [5, 5.41) is 0. The van der Waals surface area contributed by atoms with Crippen molar-refractivity contribution in [3.05, 3.63) is 22.5 Å². The van der Waals surface area contributed by atoms with Crippen LogP contribution in [0.15, 0.2) is 0 Å². The molecule has 1 spiro atoms. The van der Waals surface area contributed by atoms with Crippen LogP contribution < -0.4 is 0 Å². The average Bonchev–Trinajstić information content (AvgIpc) is 3.08. The Balaban J connectivity index is 1.83. The molecule has 1 aromatic rings. The summed E-state index contributed by atoms with van der Waals surface area (Å²) in [4.78, 5) is 42.4. The SMILES string of the molecule is CC(=O)c1[nH]c(C)c(C(=O)N2CCC3(CN(C)C(=O)O3)C2)c1C. The molecule has 2 aliphatic rings. The molecule has 2 fully saturated rings. The van der Waals surface area contributed by atoms with Crippen molar-refractivity contribution in [2.45, 2.75) is 32.8 Å². The summed E-state index contributed by atoms with van der Waals surface area (Å²) in [6.45, 7) is 6.48. The quantitative estimate of drug-likeness (QED) is 0.838. The Morgan fingerprint density at radius 3 is 2.48 bits per heavy atom. The fraction of sp³-hybridized carbons (Fsp3) is 0.562. The molecular weight excluding hydrogens is 298 g/mol. The molecule has 7 nitrogen and oxygen atoms in total. The third-order valence-corrected chi connectivity index (χ3v) is 4.75. The number of aryl methyl sites for hydroxylation is 1. The third kappa shape index (κ3) is 2.40. The van der Waals surface area contributed by atoms with Crippen molar-refractivity contribution in [1.29, 1.82) is 0 Å². The fourth-order valence-corrected chi connectivity index (χ4v) is 3.60. The van der Waals surface area contributed by atoms with Crippen molar-refractivity contribution in [2.24, 2.45) is 0 Å². The minimum Gasteiger partial charge on any atom is -0.439 e. The first-order valence-electron chi connectivity index (χ1n) is 7.67. The molecular formula is C16H21N3O4. The summed E-state index contributed by atoms with van der Waals surface area (Å²) in [5.41, 5.74) is 1.81. The Morgan fingerprint density at radius 1 is 1.26 bits per heavy atom. The van der Waals surface area contributed by atoms with Crippen molar-refractivity contribution in [3.8, 4) is 0 Å². The predicted octanol–water partition coefficient (Wildman–Crippen LogP) is 1.50. The number of ketones is 1. The van der Waals surface area contributed by atoms with Gasteiger partial charge in [-0.05, 0) is 19.4 Å². The molecule has 23 heavy (non-hydrogen) atoms. The second-order valence-corrected chi connectivity index (χ2v) is 6.56. The van der Waals surface area contributed by atoms with E-state index in [0.717, 1.165) is 0 Å². The standard InChI is InChI=1S/C16H21N3O4/c1-9-12(10(2)17-13(9)11(3)20)14(21)19-6-5-16(8-19)7-18(4)15(22)23-16/h17H,5-8H2,1-4H3. The van der Waals surface area contributed by atoms with Gasteiger partial charge in [0.1, 0.15) is 0 Å². The van der Waals surface area contributed by atoms with Gasteiger partial charge in [0.25, 0.3) is 5.91 Å². The number of hydrogen-bond donors (Lipinski definition) is 1. The number of aromatic nitrogens is 1. The molecule has 1 unspecified atom stereocenters. The molecule has 0 bridgehead atoms. The number of rotatable bonds is 2. The number of Topliss-reactive ketones (excluding diaryl/α,β-unsaturated/α-hetero) is 1. The Morgan fingerprint density at radius 2 is 1.96 bits per heavy atom. The van der Waals surface area contributed by atoms with Gasteiger partial charge in [0.05, 0.1) is 24.3 Å². The van der Waals surface area contributed by atoms with E-state index < -0.39 is 5.60 Å². The van der Waals surface area contributed by atoms with Crippen LogP contribution in [0.1, 0.15) is 45.4 Å². The zero-order valence-corrected chi connectivity index (χ0v) is 13.9. The molecule has 0 radical (unpaired) electrons. The first kappa shape index (κ1) is 15.6. The van der Waals surface area contributed by atoms with Crippen LogP contribution in [0.4, 0.5) is 4.79 Å². The largest absolute Gasteiger partial charge is 0.439 e. The lowest BCUT2D eigenvalue weighted by Gasteiger charge is -2.22. The zero-order chi connectivity index (χ0) is 16.9. The molecule has 124 valence electrons. The highest BCUT2D eigenvalue weighted by Crippen LogP contribution is 2.33. The van der Waals surface area contributed by atoms with E-state index in [1.54, 1.807) is 25.8 Å². The lowest BCUT2D eigenvalue weighted by molar-refractivity contribution is 0.0552. The number of nitrogens with one attached hydrogen (secondary N) is 1. The van der Waals surface area contributed by atoms with Crippen molar-refractivity contribution in [3.63, 3.8) is 0 Å². The molecule has 2 aliphatic heterocycles. The molecule has 0 aliphatic carbocycles. The van der Waals surface area contributed by atoms with Crippen LogP contribution in [0.3, 0.4) is 0 Å². The van der Waals surface area contributed by atoms with Gasteiger partial charge < -0.3 is 19.5 Å². The van der Waals surface area contributed by atoms with Gasteiger partial charge in [0, 0.05) is 32.6 Å². The summed E-state index contributed by atoms with van der Waals surface area (Å²) < 4.78 is 5.47. The van der Waals surface area contributed by atoms with Crippen LogP contribution in [0.5, 0.6) is 0 Å². The van der Waals surface area contributed by atoms with Crippen molar-refractivity contribution < 1.29 is 19.1 Å². The number of likely N-dealkylation sites (N-methyl/N-ethyl adjacent to an activating group) is 1. The van der Waals surface area contributed by atoms with Crippen molar-refractivity contribution >= 4 is 17.8 Å². The van der Waals surface area contributed by atoms with E-state index in [0.29, 0.717) is 48.6 Å². The number of aromatic amines is 1. The minimum atomic E-state index is -0.594. The maximum absolute atomic E-state index is 12.9. The molecule has 0 aromatic carbocycles. The van der Waals surface area contributed by atoms with E-state index in [9.17, 15) is 14.4 Å². The first-order valence-corrected chi connectivity index (χ1v) is 7.67. The Kier molecular flexibility index (Phi) is 3.46. The lowest BCUT2D eigenvalue weighted by Crippen LogP contribution is -2.39. The fourth-order valence-electron chi connectivity index (χ4n) is 3.60. The number of amides is 2. The van der Waals surface area contributed by atoms with Gasteiger partial charge in [0.15, 0.2) is 11.4 Å². The highest BCUT2D eigenvalue weighted by atomic mass is 16.6. The van der Waals surface area contributed by atoms with E-state index >= 15 is 0 Å². The van der Waals surface area contributed by atoms with E-state index in [4.69, 9.17) is 4.74 Å². The van der Waals surface area contributed by atoms with Crippen LogP contribution in [0.25, 0.3) is 0 Å². The second kappa shape index (κ2) is 5.11. The van der Waals surface area contributed by atoms with Gasteiger partial charge in [-0.2, -0.15) is 0 Å². The number of carbonyl (C=O) groups excluding carboxylic acids is 3. The van der Waals surface area contributed by atoms with Gasteiger partial charge in [-0.15, -0.1) is 0 Å². The maximum atomic E-state index is 12.9. The summed E-state index contributed by atoms with van der Waals surface area (Å²) in [6, 6.07) is 0. The molecule has 1 aromatic heterocycles. The normalized spacial score (nSPS) is 23.7. The minimum absolute atomic E-state index is 0.0890. The van der Waals surface area contributed by atoms with Gasteiger partial charge in [0.2, 0.25) is 0 Å². The lowest BCUT2D eigenvalue weighted by atomic mass is 10.0. The number of likely N-dealkylation sites (tertiary alicyclic amines) is 1. The van der Waals surface area contributed by atoms with E-state index in [1.165, 1.54) is 11.8 Å². The molecule has 0 saturated carbocycles. The summed E-state index contributed by atoms with van der Waals surface area (Å²) >= 11 is 0. The second-order valence-electron chi connectivity index (χ2n) is 6.56. The average molecular weight is 319 g/mol. The number of hydrogen-bond acceptors (Lipinski definition) is 4. The van der Waals surface area contributed by atoms with Crippen LogP contribution in [-0.2, 0) is 4.74 Å². The van der Waals surface area contributed by atoms with Gasteiger partial charge in [-0.3, -0.25) is 9.59 Å². The van der Waals surface area contributed by atoms with Gasteiger partial charge in [-0.25, -0.2) is 4.79 Å². The Bertz CT molecular complexity index is 708. The van der Waals surface area contributed by atoms with Crippen LogP contribution in [0, 0.1) is 13.8 Å². The molecule has 2 amide bonds. The Hall–Kier alpha value is -2.31. The molecule has 3 heterocycles. The number of ether oxygens (including phenoxy) is 1. The zero-order valence-electron chi connectivity index (χ0n) is 13.9. The summed E-state index contributed by atoms with van der Waals surface area (Å²) in [5.74, 6) is -0.208. The number of carbonyl (C=O) groups is 3. The topological polar surface area (TPSA) is 82.7 Å². The van der Waals surface area contributed by atoms with Crippen LogP contribution >= 0.6 is 0 Å². The third-order valence-electron chi connectivity index (χ3n) is 4.75. The van der Waals surface area contributed by atoms with E-state index in [2.05, 4.69) is 4.98 Å².